The van der Waals surface area contributed by atoms with Crippen molar-refractivity contribution in [3.63, 3.8) is 0 Å². The van der Waals surface area contributed by atoms with Crippen LogP contribution < -0.4 is 0 Å². The van der Waals surface area contributed by atoms with Gasteiger partial charge in [0.15, 0.2) is 0 Å². The van der Waals surface area contributed by atoms with E-state index >= 15 is 0 Å². The summed E-state index contributed by atoms with van der Waals surface area (Å²) in [6, 6.07) is 3.28. The number of nitriles is 1. The molecule has 0 bridgehead atoms. The van der Waals surface area contributed by atoms with Crippen molar-refractivity contribution < 1.29 is 9.53 Å². The van der Waals surface area contributed by atoms with Gasteiger partial charge in [0.05, 0.1) is 42.9 Å². The first-order valence-electron chi connectivity index (χ1n) is 11.3. The van der Waals surface area contributed by atoms with Gasteiger partial charge in [0.25, 0.3) is 0 Å². The molecule has 9 heteroatoms. The molecule has 4 rings (SSSR count). The largest absolute Gasteiger partial charge is 0.381 e. The highest BCUT2D eigenvalue weighted by Gasteiger charge is 2.32. The molecule has 0 aromatic carbocycles. The van der Waals surface area contributed by atoms with Crippen molar-refractivity contribution in [2.75, 3.05) is 13.2 Å². The SMILES string of the molecule is C[Si](C)(C)CCOCC1C=Nc2c(-c3cnn(C(CC#N)[C@@H]4CCC(=O)C4)c3)ncnc21. The molecule has 1 aliphatic carbocycles. The maximum Gasteiger partial charge on any atom is 0.133 e. The van der Waals surface area contributed by atoms with Gasteiger partial charge in [-0.3, -0.25) is 14.5 Å². The smallest absolute Gasteiger partial charge is 0.133 e. The third kappa shape index (κ3) is 5.02. The number of aliphatic imine (C=N–C) groups is 1. The first-order chi connectivity index (χ1) is 15.4. The zero-order chi connectivity index (χ0) is 22.7. The summed E-state index contributed by atoms with van der Waals surface area (Å²) in [5.41, 5.74) is 3.22. The lowest BCUT2D eigenvalue weighted by Gasteiger charge is -2.20. The first-order valence-corrected chi connectivity index (χ1v) is 15.0. The Hall–Kier alpha value is -2.70. The number of carbonyl (C=O) groups excluding carboxylic acids is 1. The van der Waals surface area contributed by atoms with Crippen LogP contribution in [-0.4, -0.2) is 53.0 Å². The summed E-state index contributed by atoms with van der Waals surface area (Å²) < 4.78 is 7.76. The molecule has 3 heterocycles. The number of nitrogens with zero attached hydrogens (tertiary/aromatic N) is 6. The molecule has 2 aromatic rings. The molecule has 2 aliphatic rings. The van der Waals surface area contributed by atoms with E-state index in [1.54, 1.807) is 12.5 Å². The van der Waals surface area contributed by atoms with Crippen molar-refractivity contribution >= 4 is 25.8 Å². The Morgan fingerprint density at radius 3 is 2.91 bits per heavy atom. The predicted octanol–water partition coefficient (Wildman–Crippen LogP) is 4.32. The quantitative estimate of drug-likeness (QED) is 0.416. The zero-order valence-electron chi connectivity index (χ0n) is 19.0. The van der Waals surface area contributed by atoms with E-state index in [0.29, 0.717) is 25.9 Å². The Kier molecular flexibility index (Phi) is 6.62. The monoisotopic (exact) mass is 450 g/mol. The molecule has 0 amide bonds. The highest BCUT2D eigenvalue weighted by Crippen LogP contribution is 2.39. The fourth-order valence-electron chi connectivity index (χ4n) is 4.33. The lowest BCUT2D eigenvalue weighted by atomic mass is 9.96. The van der Waals surface area contributed by atoms with Crippen molar-refractivity contribution in [1.82, 2.24) is 19.7 Å². The summed E-state index contributed by atoms with van der Waals surface area (Å²) >= 11 is 0. The number of carbonyl (C=O) groups is 1. The molecule has 168 valence electrons. The molecule has 0 N–H and O–H groups in total. The van der Waals surface area contributed by atoms with E-state index < -0.39 is 8.07 Å². The number of rotatable bonds is 9. The summed E-state index contributed by atoms with van der Waals surface area (Å²) in [7, 11) is -1.12. The maximum absolute atomic E-state index is 11.8. The van der Waals surface area contributed by atoms with E-state index in [1.165, 1.54) is 0 Å². The van der Waals surface area contributed by atoms with Crippen LogP contribution in [-0.2, 0) is 9.53 Å². The van der Waals surface area contributed by atoms with Crippen molar-refractivity contribution in [1.29, 1.82) is 5.26 Å². The number of hydrogen-bond acceptors (Lipinski definition) is 7. The molecule has 32 heavy (non-hydrogen) atoms. The maximum atomic E-state index is 11.8. The van der Waals surface area contributed by atoms with Crippen LogP contribution in [0.5, 0.6) is 0 Å². The van der Waals surface area contributed by atoms with E-state index in [1.807, 2.05) is 17.1 Å². The minimum atomic E-state index is -1.12. The normalized spacial score (nSPS) is 21.0. The van der Waals surface area contributed by atoms with Crippen molar-refractivity contribution in [2.45, 2.75) is 63.3 Å². The third-order valence-corrected chi connectivity index (χ3v) is 7.93. The van der Waals surface area contributed by atoms with E-state index in [4.69, 9.17) is 4.74 Å². The second kappa shape index (κ2) is 9.43. The molecule has 0 saturated heterocycles. The second-order valence-electron chi connectivity index (χ2n) is 9.91. The van der Waals surface area contributed by atoms with Gasteiger partial charge < -0.3 is 4.74 Å². The van der Waals surface area contributed by atoms with Crippen molar-refractivity contribution in [2.24, 2.45) is 10.9 Å². The predicted molar refractivity (Wildman–Crippen MR) is 125 cm³/mol. The fourth-order valence-corrected chi connectivity index (χ4v) is 5.09. The van der Waals surface area contributed by atoms with Gasteiger partial charge >= 0.3 is 0 Å². The summed E-state index contributed by atoms with van der Waals surface area (Å²) in [5.74, 6) is 0.451. The van der Waals surface area contributed by atoms with Crippen LogP contribution in [0, 0.1) is 17.2 Å². The lowest BCUT2D eigenvalue weighted by Crippen LogP contribution is -2.22. The highest BCUT2D eigenvalue weighted by atomic mass is 28.3. The minimum Gasteiger partial charge on any atom is -0.381 e. The van der Waals surface area contributed by atoms with Gasteiger partial charge in [-0.2, -0.15) is 10.4 Å². The molecular formula is C23H30N6O2Si. The van der Waals surface area contributed by atoms with Crippen LogP contribution in [0.3, 0.4) is 0 Å². The molecule has 3 atom stereocenters. The van der Waals surface area contributed by atoms with Gasteiger partial charge in [-0.25, -0.2) is 9.97 Å². The molecule has 1 aliphatic heterocycles. The van der Waals surface area contributed by atoms with Crippen molar-refractivity contribution in [3.8, 4) is 17.3 Å². The van der Waals surface area contributed by atoms with Crippen LogP contribution in [0.2, 0.25) is 25.7 Å². The lowest BCUT2D eigenvalue weighted by molar-refractivity contribution is -0.117. The molecule has 1 fully saturated rings. The molecule has 2 aromatic heterocycles. The van der Waals surface area contributed by atoms with Gasteiger partial charge in [0.1, 0.15) is 23.5 Å². The summed E-state index contributed by atoms with van der Waals surface area (Å²) in [4.78, 5) is 25.3. The van der Waals surface area contributed by atoms with Gasteiger partial charge in [0.2, 0.25) is 0 Å². The Labute approximate surface area is 189 Å². The van der Waals surface area contributed by atoms with Gasteiger partial charge in [-0.15, -0.1) is 0 Å². The number of aromatic nitrogens is 4. The molecule has 2 unspecified atom stereocenters. The van der Waals surface area contributed by atoms with Crippen molar-refractivity contribution in [3.05, 3.63) is 24.4 Å². The standard InChI is InChI=1S/C23H30N6O2Si/c1-32(2,3)9-8-31-14-18-11-25-23-21(26-15-27-22(18)23)17-12-28-29(13-17)20(6-7-24)16-4-5-19(30)10-16/h11-13,15-16,18,20H,4-6,8-10,14H2,1-3H3/t16-,18?,20?/m1/s1. The topological polar surface area (TPSA) is 106 Å². The molecular weight excluding hydrogens is 420 g/mol. The second-order valence-corrected chi connectivity index (χ2v) is 15.5. The number of ether oxygens (including phenoxy) is 1. The number of fused-ring (bicyclic) bond motifs is 1. The van der Waals surface area contributed by atoms with Gasteiger partial charge in [-0.1, -0.05) is 19.6 Å². The van der Waals surface area contributed by atoms with Crippen LogP contribution in [0.25, 0.3) is 11.3 Å². The zero-order valence-corrected chi connectivity index (χ0v) is 20.0. The first kappa shape index (κ1) is 22.5. The Morgan fingerprint density at radius 1 is 1.34 bits per heavy atom. The van der Waals surface area contributed by atoms with Crippen LogP contribution >= 0.6 is 0 Å². The molecule has 0 radical (unpaired) electrons. The van der Waals surface area contributed by atoms with E-state index in [2.05, 4.69) is 45.8 Å². The highest BCUT2D eigenvalue weighted by molar-refractivity contribution is 6.76. The Bertz CT molecular complexity index is 1050. The fraction of sp³-hybridized carbons (Fsp3) is 0.565. The van der Waals surface area contributed by atoms with E-state index in [9.17, 15) is 10.1 Å². The summed E-state index contributed by atoms with van der Waals surface area (Å²) in [6.45, 7) is 8.36. The average molecular weight is 451 g/mol. The van der Waals surface area contributed by atoms with Crippen LogP contribution in [0.4, 0.5) is 5.69 Å². The number of ketones is 1. The number of Topliss-reactive ketones (excluding diaryl/α,β-unsaturated/α-hetero) is 1. The third-order valence-electron chi connectivity index (χ3n) is 6.22. The Balaban J connectivity index is 1.50. The molecule has 8 nitrogen and oxygen atoms in total. The van der Waals surface area contributed by atoms with E-state index in [-0.39, 0.29) is 23.7 Å². The van der Waals surface area contributed by atoms with Gasteiger partial charge in [-0.05, 0) is 18.4 Å². The minimum absolute atomic E-state index is 0.0271. The molecule has 0 spiro atoms. The van der Waals surface area contributed by atoms with Gasteiger partial charge in [0, 0.05) is 45.5 Å². The van der Waals surface area contributed by atoms with Crippen LogP contribution in [0.1, 0.15) is 43.3 Å². The van der Waals surface area contributed by atoms with E-state index in [0.717, 1.165) is 41.7 Å². The molecule has 1 saturated carbocycles. The summed E-state index contributed by atoms with van der Waals surface area (Å²) in [5, 5.41) is 13.8. The van der Waals surface area contributed by atoms with Crippen LogP contribution in [0.15, 0.2) is 23.7 Å². The Morgan fingerprint density at radius 2 is 2.19 bits per heavy atom. The summed E-state index contributed by atoms with van der Waals surface area (Å²) in [6.07, 6.45) is 9.40. The number of hydrogen-bond donors (Lipinski definition) is 0. The average Bonchev–Trinajstić information content (AvgIpc) is 3.48.